The molecule has 0 saturated heterocycles. The minimum Gasteiger partial charge on any atom is -0.348 e. The van der Waals surface area contributed by atoms with Crippen LogP contribution in [0.3, 0.4) is 0 Å². The van der Waals surface area contributed by atoms with Crippen LogP contribution < -0.4 is 21.3 Å². The minimum atomic E-state index is -0.277. The third-order valence-corrected chi connectivity index (χ3v) is 6.33. The van der Waals surface area contributed by atoms with Crippen LogP contribution in [0.15, 0.2) is 55.4 Å². The Morgan fingerprint density at radius 3 is 2.67 bits per heavy atom. The number of hydrogen-bond donors (Lipinski definition) is 4. The van der Waals surface area contributed by atoms with E-state index < -0.39 is 0 Å². The maximum absolute atomic E-state index is 12.8. The van der Waals surface area contributed by atoms with Gasteiger partial charge in [-0.3, -0.25) is 9.78 Å². The average Bonchev–Trinajstić information content (AvgIpc) is 2.86. The molecule has 0 saturated carbocycles. The largest absolute Gasteiger partial charge is 0.348 e. The maximum atomic E-state index is 12.8. The maximum Gasteiger partial charge on any atom is 0.256 e. The number of nitrogens with zero attached hydrogens (tertiary/aromatic N) is 3. The van der Waals surface area contributed by atoms with Gasteiger partial charge in [0.1, 0.15) is 11.4 Å². The number of carbonyl (C=O) groups excluding carboxylic acids is 1. The fraction of sp³-hybridized carbons (Fsp3) is 0.357. The summed E-state index contributed by atoms with van der Waals surface area (Å²) in [4.78, 5) is 26.4. The van der Waals surface area contributed by atoms with Crippen molar-refractivity contribution in [2.75, 3.05) is 24.2 Å². The second kappa shape index (κ2) is 10.9. The Kier molecular flexibility index (Phi) is 7.64. The Hall–Kier alpha value is -3.78. The quantitative estimate of drug-likeness (QED) is 0.344. The molecule has 1 aromatic carbocycles. The van der Waals surface area contributed by atoms with E-state index in [0.29, 0.717) is 29.9 Å². The lowest BCUT2D eigenvalue weighted by molar-refractivity contribution is 0.0958. The molecule has 1 amide bonds. The number of benzene rings is 1. The molecule has 0 radical (unpaired) electrons. The summed E-state index contributed by atoms with van der Waals surface area (Å²) in [6.07, 6.45) is 8.15. The predicted molar refractivity (Wildman–Crippen MR) is 145 cm³/mol. The molecule has 1 aliphatic rings. The highest BCUT2D eigenvalue weighted by Gasteiger charge is 2.20. The summed E-state index contributed by atoms with van der Waals surface area (Å²) < 4.78 is 0. The molecule has 2 aromatic heterocycles. The molecule has 36 heavy (non-hydrogen) atoms. The molecule has 8 heteroatoms. The molecule has 0 aliphatic heterocycles. The lowest BCUT2D eigenvalue weighted by atomic mass is 9.88. The molecule has 1 atom stereocenters. The van der Waals surface area contributed by atoms with Crippen LogP contribution in [0.2, 0.25) is 0 Å². The monoisotopic (exact) mass is 485 g/mol. The van der Waals surface area contributed by atoms with E-state index in [1.165, 1.54) is 17.3 Å². The van der Waals surface area contributed by atoms with Crippen LogP contribution in [0.5, 0.6) is 0 Å². The van der Waals surface area contributed by atoms with Crippen molar-refractivity contribution in [2.24, 2.45) is 0 Å². The van der Waals surface area contributed by atoms with Crippen molar-refractivity contribution >= 4 is 29.0 Å². The number of pyridine rings is 1. The van der Waals surface area contributed by atoms with Gasteiger partial charge in [0.15, 0.2) is 0 Å². The number of hydrogen-bond acceptors (Lipinski definition) is 7. The fourth-order valence-corrected chi connectivity index (χ4v) is 4.23. The molecule has 4 N–H and O–H groups in total. The Morgan fingerprint density at radius 2 is 1.92 bits per heavy atom. The molecule has 0 fully saturated rings. The lowest BCUT2D eigenvalue weighted by Gasteiger charge is -2.24. The zero-order valence-corrected chi connectivity index (χ0v) is 21.5. The van der Waals surface area contributed by atoms with E-state index >= 15 is 0 Å². The highest BCUT2D eigenvalue weighted by atomic mass is 16.1. The van der Waals surface area contributed by atoms with E-state index in [9.17, 15) is 4.79 Å². The van der Waals surface area contributed by atoms with Crippen LogP contribution in [0.4, 0.5) is 23.1 Å². The van der Waals surface area contributed by atoms with Crippen LogP contribution in [0, 0.1) is 0 Å². The first-order chi connectivity index (χ1) is 17.3. The zero-order chi connectivity index (χ0) is 25.7. The summed E-state index contributed by atoms with van der Waals surface area (Å²) in [5, 5.41) is 12.8. The van der Waals surface area contributed by atoms with Crippen molar-refractivity contribution < 1.29 is 4.79 Å². The van der Waals surface area contributed by atoms with Crippen molar-refractivity contribution in [3.05, 3.63) is 77.8 Å². The first-order valence-electron chi connectivity index (χ1n) is 12.3. The van der Waals surface area contributed by atoms with Crippen molar-refractivity contribution in [2.45, 2.75) is 51.5 Å². The molecule has 0 spiro atoms. The van der Waals surface area contributed by atoms with Gasteiger partial charge in [-0.15, -0.1) is 6.58 Å². The molecule has 1 unspecified atom stereocenters. The SMILES string of the molecule is C=CCNC(=O)c1cnc(Nc2ccc3c(c2)CC(NC)CC3)nc1Nc1ccnc(C(C)(C)C)c1. The van der Waals surface area contributed by atoms with Gasteiger partial charge in [-0.1, -0.05) is 32.9 Å². The smallest absolute Gasteiger partial charge is 0.256 e. The Labute approximate surface area is 213 Å². The van der Waals surface area contributed by atoms with Crippen molar-refractivity contribution in [1.29, 1.82) is 0 Å². The molecule has 1 aliphatic carbocycles. The summed E-state index contributed by atoms with van der Waals surface area (Å²) in [5.41, 5.74) is 5.60. The number of fused-ring (bicyclic) bond motifs is 1. The fourth-order valence-electron chi connectivity index (χ4n) is 4.23. The molecular weight excluding hydrogens is 450 g/mol. The standard InChI is InChI=1S/C28H35N7O/c1-6-12-31-26(36)23-17-32-27(34-21-10-8-18-7-9-20(29-5)14-19(18)15-21)35-25(23)33-22-11-13-30-24(16-22)28(2,3)4/h6,8,10-11,13,15-17,20,29H,1,7,9,12,14H2,2-5H3,(H,31,36)(H2,30,32,33,34,35). The van der Waals surface area contributed by atoms with Gasteiger partial charge in [0, 0.05) is 47.5 Å². The number of rotatable bonds is 8. The first-order valence-corrected chi connectivity index (χ1v) is 12.3. The molecule has 188 valence electrons. The Balaban J connectivity index is 1.63. The number of nitrogens with one attached hydrogen (secondary N) is 4. The van der Waals surface area contributed by atoms with Crippen LogP contribution in [0.25, 0.3) is 0 Å². The summed E-state index contributed by atoms with van der Waals surface area (Å²) in [6, 6.07) is 10.7. The molecule has 4 rings (SSSR count). The first kappa shape index (κ1) is 25.3. The molecule has 3 aromatic rings. The van der Waals surface area contributed by atoms with Crippen molar-refractivity contribution in [3.8, 4) is 0 Å². The van der Waals surface area contributed by atoms with Gasteiger partial charge in [0.2, 0.25) is 5.95 Å². The molecule has 0 bridgehead atoms. The van der Waals surface area contributed by atoms with Crippen molar-refractivity contribution in [3.63, 3.8) is 0 Å². The lowest BCUT2D eigenvalue weighted by Crippen LogP contribution is -2.31. The van der Waals surface area contributed by atoms with E-state index in [-0.39, 0.29) is 11.3 Å². The highest BCUT2D eigenvalue weighted by Crippen LogP contribution is 2.28. The number of likely N-dealkylation sites (N-methyl/N-ethyl adjacent to an activating group) is 1. The van der Waals surface area contributed by atoms with E-state index in [2.05, 4.69) is 81.8 Å². The number of carbonyl (C=O) groups is 1. The van der Waals surface area contributed by atoms with Crippen molar-refractivity contribution in [1.82, 2.24) is 25.6 Å². The van der Waals surface area contributed by atoms with Gasteiger partial charge < -0.3 is 21.3 Å². The van der Waals surface area contributed by atoms with Crippen LogP contribution in [0.1, 0.15) is 54.4 Å². The van der Waals surface area contributed by atoms with E-state index in [4.69, 9.17) is 0 Å². The van der Waals surface area contributed by atoms with Crippen LogP contribution in [-0.2, 0) is 18.3 Å². The predicted octanol–water partition coefficient (Wildman–Crippen LogP) is 4.65. The van der Waals surface area contributed by atoms with Gasteiger partial charge in [-0.05, 0) is 61.7 Å². The molecule has 2 heterocycles. The second-order valence-electron chi connectivity index (χ2n) is 10.1. The third kappa shape index (κ3) is 6.07. The van der Waals surface area contributed by atoms with Gasteiger partial charge >= 0.3 is 0 Å². The second-order valence-corrected chi connectivity index (χ2v) is 10.1. The van der Waals surface area contributed by atoms with E-state index in [1.807, 2.05) is 19.2 Å². The number of amides is 1. The summed E-state index contributed by atoms with van der Waals surface area (Å²) in [5.74, 6) is 0.540. The topological polar surface area (TPSA) is 104 Å². The zero-order valence-electron chi connectivity index (χ0n) is 21.5. The molecular formula is C28H35N7O. The number of aryl methyl sites for hydroxylation is 1. The highest BCUT2D eigenvalue weighted by molar-refractivity contribution is 5.99. The van der Waals surface area contributed by atoms with Gasteiger partial charge in [0.05, 0.1) is 0 Å². The van der Waals surface area contributed by atoms with Crippen LogP contribution >= 0.6 is 0 Å². The Bertz CT molecular complexity index is 1250. The van der Waals surface area contributed by atoms with Gasteiger partial charge in [-0.25, -0.2) is 4.98 Å². The normalized spacial score (nSPS) is 15.1. The van der Waals surface area contributed by atoms with Gasteiger partial charge in [0.25, 0.3) is 5.91 Å². The van der Waals surface area contributed by atoms with Gasteiger partial charge in [-0.2, -0.15) is 4.98 Å². The number of aromatic nitrogens is 3. The molecule has 8 nitrogen and oxygen atoms in total. The summed E-state index contributed by atoms with van der Waals surface area (Å²) >= 11 is 0. The third-order valence-electron chi connectivity index (χ3n) is 6.33. The summed E-state index contributed by atoms with van der Waals surface area (Å²) in [7, 11) is 2.01. The van der Waals surface area contributed by atoms with E-state index in [0.717, 1.165) is 36.3 Å². The van der Waals surface area contributed by atoms with E-state index in [1.54, 1.807) is 12.3 Å². The number of anilines is 4. The Morgan fingerprint density at radius 1 is 1.11 bits per heavy atom. The van der Waals surface area contributed by atoms with Crippen LogP contribution in [-0.4, -0.2) is 40.5 Å². The summed E-state index contributed by atoms with van der Waals surface area (Å²) in [6.45, 7) is 10.3. The minimum absolute atomic E-state index is 0.112. The average molecular weight is 486 g/mol.